The quantitative estimate of drug-likeness (QED) is 0.778. The molecule has 0 aliphatic carbocycles. The van der Waals surface area contributed by atoms with E-state index >= 15 is 0 Å². The molecular weight excluding hydrogens is 374 g/mol. The van der Waals surface area contributed by atoms with Crippen LogP contribution in [0, 0.1) is 0 Å². The fourth-order valence-electron chi connectivity index (χ4n) is 3.83. The fraction of sp³-hybridized carbons (Fsp3) is 0.611. The van der Waals surface area contributed by atoms with Crippen molar-refractivity contribution < 1.29 is 13.2 Å². The largest absolute Gasteiger partial charge is 0.351 e. The highest BCUT2D eigenvalue weighted by atomic mass is 35.5. The van der Waals surface area contributed by atoms with Crippen LogP contribution in [-0.4, -0.2) is 56.6 Å². The van der Waals surface area contributed by atoms with Crippen LogP contribution in [0.15, 0.2) is 30.3 Å². The van der Waals surface area contributed by atoms with E-state index in [9.17, 15) is 13.2 Å². The predicted octanol–water partition coefficient (Wildman–Crippen LogP) is 1.27. The number of halogens is 1. The van der Waals surface area contributed by atoms with Gasteiger partial charge in [-0.1, -0.05) is 30.3 Å². The summed E-state index contributed by atoms with van der Waals surface area (Å²) in [6, 6.07) is 9.94. The van der Waals surface area contributed by atoms with Gasteiger partial charge in [0.05, 0.1) is 11.2 Å². The number of carbonyl (C=O) groups excluding carboxylic acids is 1. The Labute approximate surface area is 162 Å². The number of benzene rings is 1. The van der Waals surface area contributed by atoms with E-state index in [0.29, 0.717) is 25.9 Å². The van der Waals surface area contributed by atoms with Crippen molar-refractivity contribution in [3.05, 3.63) is 35.9 Å². The lowest BCUT2D eigenvalue weighted by atomic mass is 9.72. The zero-order valence-corrected chi connectivity index (χ0v) is 16.7. The predicted molar refractivity (Wildman–Crippen MR) is 105 cm³/mol. The van der Waals surface area contributed by atoms with Gasteiger partial charge >= 0.3 is 0 Å². The highest BCUT2D eigenvalue weighted by Gasteiger charge is 2.45. The molecule has 1 aromatic carbocycles. The van der Waals surface area contributed by atoms with Crippen LogP contribution in [0.2, 0.25) is 0 Å². The van der Waals surface area contributed by atoms with Gasteiger partial charge in [-0.05, 0) is 38.3 Å². The molecule has 2 aliphatic heterocycles. The molecule has 1 aromatic rings. The van der Waals surface area contributed by atoms with E-state index in [1.807, 2.05) is 30.3 Å². The number of carbonyl (C=O) groups is 1. The molecule has 0 bridgehead atoms. The van der Waals surface area contributed by atoms with Crippen LogP contribution < -0.4 is 10.6 Å². The van der Waals surface area contributed by atoms with Gasteiger partial charge in [-0.3, -0.25) is 4.79 Å². The summed E-state index contributed by atoms with van der Waals surface area (Å²) < 4.78 is 25.9. The summed E-state index contributed by atoms with van der Waals surface area (Å²) in [5, 5.41) is 6.45. The molecule has 8 heteroatoms. The molecule has 0 saturated carbocycles. The van der Waals surface area contributed by atoms with Gasteiger partial charge < -0.3 is 10.6 Å². The van der Waals surface area contributed by atoms with Gasteiger partial charge in [0, 0.05) is 25.7 Å². The van der Waals surface area contributed by atoms with Gasteiger partial charge in [0.2, 0.25) is 15.9 Å². The molecule has 1 atom stereocenters. The van der Waals surface area contributed by atoms with E-state index in [1.54, 1.807) is 6.92 Å². The molecule has 6 nitrogen and oxygen atoms in total. The third-order valence-corrected chi connectivity index (χ3v) is 7.37. The lowest BCUT2D eigenvalue weighted by Crippen LogP contribution is -2.55. The van der Waals surface area contributed by atoms with Crippen LogP contribution in [0.3, 0.4) is 0 Å². The van der Waals surface area contributed by atoms with Crippen LogP contribution in [-0.2, 0) is 20.2 Å². The number of hydrogen-bond donors (Lipinski definition) is 2. The number of nitrogens with zero attached hydrogens (tertiary/aromatic N) is 1. The van der Waals surface area contributed by atoms with Gasteiger partial charge in [-0.2, -0.15) is 0 Å². The highest BCUT2D eigenvalue weighted by molar-refractivity contribution is 7.89. The first-order valence-electron chi connectivity index (χ1n) is 9.03. The third kappa shape index (κ3) is 4.22. The second-order valence-corrected chi connectivity index (χ2v) is 9.17. The maximum atomic E-state index is 13.2. The van der Waals surface area contributed by atoms with Crippen LogP contribution in [0.1, 0.15) is 31.7 Å². The summed E-state index contributed by atoms with van der Waals surface area (Å²) >= 11 is 0. The molecule has 2 fully saturated rings. The Morgan fingerprint density at radius 1 is 1.27 bits per heavy atom. The topological polar surface area (TPSA) is 78.5 Å². The van der Waals surface area contributed by atoms with Crippen molar-refractivity contribution in [2.45, 2.75) is 37.6 Å². The summed E-state index contributed by atoms with van der Waals surface area (Å²) in [6.07, 6.45) is 1.97. The van der Waals surface area contributed by atoms with Crippen molar-refractivity contribution in [3.63, 3.8) is 0 Å². The second-order valence-electron chi connectivity index (χ2n) is 6.91. The van der Waals surface area contributed by atoms with Crippen LogP contribution in [0.5, 0.6) is 0 Å². The van der Waals surface area contributed by atoms with Gasteiger partial charge in [0.25, 0.3) is 0 Å². The molecular formula is C18H28ClN3O3S. The van der Waals surface area contributed by atoms with Crippen LogP contribution in [0.4, 0.5) is 0 Å². The normalized spacial score (nSPS) is 23.2. The summed E-state index contributed by atoms with van der Waals surface area (Å²) in [5.41, 5.74) is 0.330. The molecule has 2 saturated heterocycles. The van der Waals surface area contributed by atoms with Gasteiger partial charge in [0.15, 0.2) is 0 Å². The molecule has 1 amide bonds. The molecule has 2 N–H and O–H groups in total. The second kappa shape index (κ2) is 8.69. The van der Waals surface area contributed by atoms with Crippen LogP contribution >= 0.6 is 12.4 Å². The molecule has 1 unspecified atom stereocenters. The maximum absolute atomic E-state index is 13.2. The first-order chi connectivity index (χ1) is 12.0. The first-order valence-corrected chi connectivity index (χ1v) is 10.6. The number of nitrogens with one attached hydrogen (secondary N) is 2. The lowest BCUT2D eigenvalue weighted by molar-refractivity contribution is -0.128. The summed E-state index contributed by atoms with van der Waals surface area (Å²) in [4.78, 5) is 13.2. The number of amides is 1. The molecule has 0 aromatic heterocycles. The summed E-state index contributed by atoms with van der Waals surface area (Å²) in [7, 11) is -3.21. The Morgan fingerprint density at radius 3 is 2.46 bits per heavy atom. The molecule has 0 radical (unpaired) electrons. The van der Waals surface area contributed by atoms with Crippen molar-refractivity contribution >= 4 is 28.3 Å². The zero-order valence-electron chi connectivity index (χ0n) is 15.1. The molecule has 3 rings (SSSR count). The smallest absolute Gasteiger partial charge is 0.231 e. The average Bonchev–Trinajstić information content (AvgIpc) is 3.15. The molecule has 146 valence electrons. The molecule has 2 aliphatic rings. The standard InChI is InChI=1S/C18H27N3O3S.ClH/c1-2-25(23,24)21-12-9-18(10-13-21,15-6-4-3-5-7-15)17(22)20-16-8-11-19-14-16;/h3-7,16,19H,2,8-14H2,1H3,(H,20,22);1H. The Bertz CT molecular complexity index is 698. The lowest BCUT2D eigenvalue weighted by Gasteiger charge is -2.41. The van der Waals surface area contributed by atoms with E-state index < -0.39 is 15.4 Å². The van der Waals surface area contributed by atoms with Crippen molar-refractivity contribution in [3.8, 4) is 0 Å². The Balaban J connectivity index is 0.00000243. The number of sulfonamides is 1. The Morgan fingerprint density at radius 2 is 1.92 bits per heavy atom. The highest BCUT2D eigenvalue weighted by Crippen LogP contribution is 2.37. The van der Waals surface area contributed by atoms with Crippen molar-refractivity contribution in [2.24, 2.45) is 0 Å². The molecule has 2 heterocycles. The monoisotopic (exact) mass is 401 g/mol. The van der Waals surface area contributed by atoms with E-state index in [-0.39, 0.29) is 30.1 Å². The number of hydrogen-bond acceptors (Lipinski definition) is 4. The Hall–Kier alpha value is -1.15. The van der Waals surface area contributed by atoms with E-state index in [4.69, 9.17) is 0 Å². The minimum Gasteiger partial charge on any atom is -0.351 e. The fourth-order valence-corrected chi connectivity index (χ4v) is 4.94. The summed E-state index contributed by atoms with van der Waals surface area (Å²) in [6.45, 7) is 4.16. The number of rotatable bonds is 5. The van der Waals surface area contributed by atoms with Crippen molar-refractivity contribution in [2.75, 3.05) is 31.9 Å². The number of piperidine rings is 1. The minimum absolute atomic E-state index is 0. The van der Waals surface area contributed by atoms with Gasteiger partial charge in [0.1, 0.15) is 0 Å². The van der Waals surface area contributed by atoms with Crippen molar-refractivity contribution in [1.82, 2.24) is 14.9 Å². The van der Waals surface area contributed by atoms with Crippen LogP contribution in [0.25, 0.3) is 0 Å². The molecule has 26 heavy (non-hydrogen) atoms. The maximum Gasteiger partial charge on any atom is 0.231 e. The minimum atomic E-state index is -3.21. The molecule has 0 spiro atoms. The zero-order chi connectivity index (χ0) is 17.9. The Kier molecular flexibility index (Phi) is 7.07. The first kappa shape index (κ1) is 21.2. The SMILES string of the molecule is CCS(=O)(=O)N1CCC(C(=O)NC2CCNC2)(c2ccccc2)CC1.Cl. The van der Waals surface area contributed by atoms with Crippen molar-refractivity contribution in [1.29, 1.82) is 0 Å². The summed E-state index contributed by atoms with van der Waals surface area (Å²) in [5.74, 6) is 0.131. The van der Waals surface area contributed by atoms with E-state index in [1.165, 1.54) is 4.31 Å². The van der Waals surface area contributed by atoms with E-state index in [2.05, 4.69) is 10.6 Å². The van der Waals surface area contributed by atoms with Gasteiger partial charge in [-0.25, -0.2) is 12.7 Å². The average molecular weight is 402 g/mol. The third-order valence-electron chi connectivity index (χ3n) is 5.49. The van der Waals surface area contributed by atoms with Gasteiger partial charge in [-0.15, -0.1) is 12.4 Å². The van der Waals surface area contributed by atoms with E-state index in [0.717, 1.165) is 25.1 Å².